The zero-order valence-corrected chi connectivity index (χ0v) is 9.45. The van der Waals surface area contributed by atoms with Gasteiger partial charge in [-0.1, -0.05) is 6.92 Å². The summed E-state index contributed by atoms with van der Waals surface area (Å²) in [4.78, 5) is 2.40. The van der Waals surface area contributed by atoms with E-state index in [9.17, 15) is 4.39 Å². The Hall–Kier alpha value is 0.240. The Morgan fingerprint density at radius 2 is 2.31 bits per heavy atom. The molecule has 0 N–H and O–H groups in total. The van der Waals surface area contributed by atoms with Gasteiger partial charge in [-0.3, -0.25) is 0 Å². The van der Waals surface area contributed by atoms with E-state index in [-0.39, 0.29) is 0 Å². The van der Waals surface area contributed by atoms with Gasteiger partial charge in [0.05, 0.1) is 6.17 Å². The first-order chi connectivity index (χ1) is 6.18. The van der Waals surface area contributed by atoms with Crippen molar-refractivity contribution in [1.29, 1.82) is 0 Å². The lowest BCUT2D eigenvalue weighted by Gasteiger charge is -2.19. The Morgan fingerprint density at radius 1 is 1.54 bits per heavy atom. The minimum absolute atomic E-state index is 0.645. The number of rotatable bonds is 3. The highest BCUT2D eigenvalue weighted by molar-refractivity contribution is 7.99. The molecule has 78 valence electrons. The molecule has 0 aromatic carbocycles. The van der Waals surface area contributed by atoms with Crippen molar-refractivity contribution >= 4 is 11.8 Å². The van der Waals surface area contributed by atoms with E-state index in [4.69, 9.17) is 0 Å². The average Bonchev–Trinajstić information content (AvgIpc) is 2.27. The van der Waals surface area contributed by atoms with Crippen LogP contribution >= 0.6 is 11.8 Å². The van der Waals surface area contributed by atoms with Crippen LogP contribution in [0.2, 0.25) is 0 Å². The summed E-state index contributed by atoms with van der Waals surface area (Å²) in [5.74, 6) is 1.21. The van der Waals surface area contributed by atoms with Crippen molar-refractivity contribution in [2.75, 3.05) is 25.4 Å². The van der Waals surface area contributed by atoms with Gasteiger partial charge in [-0.25, -0.2) is 4.39 Å². The van der Waals surface area contributed by atoms with E-state index >= 15 is 0 Å². The van der Waals surface area contributed by atoms with Gasteiger partial charge in [0, 0.05) is 24.1 Å². The summed E-state index contributed by atoms with van der Waals surface area (Å²) in [6.45, 7) is 7.16. The Kier molecular flexibility index (Phi) is 5.10. The zero-order chi connectivity index (χ0) is 9.68. The lowest BCUT2D eigenvalue weighted by molar-refractivity contribution is 0.242. The standard InChI is InChI=1S/C10H20FNS/c1-9(11)3-5-12-6-4-10(2)13-8-7-12/h9-10H,3-8H2,1-2H3. The van der Waals surface area contributed by atoms with Crippen molar-refractivity contribution in [3.63, 3.8) is 0 Å². The maximum Gasteiger partial charge on any atom is 0.0985 e. The van der Waals surface area contributed by atoms with Gasteiger partial charge in [0.15, 0.2) is 0 Å². The molecule has 0 aromatic heterocycles. The molecule has 1 fully saturated rings. The van der Waals surface area contributed by atoms with E-state index in [1.54, 1.807) is 6.92 Å². The van der Waals surface area contributed by atoms with Crippen LogP contribution in [0.25, 0.3) is 0 Å². The van der Waals surface area contributed by atoms with Crippen LogP contribution in [0.3, 0.4) is 0 Å². The van der Waals surface area contributed by atoms with Crippen LogP contribution in [0.4, 0.5) is 4.39 Å². The smallest absolute Gasteiger partial charge is 0.0985 e. The highest BCUT2D eigenvalue weighted by Gasteiger charge is 2.14. The predicted octanol–water partition coefficient (Wildman–Crippen LogP) is 2.56. The van der Waals surface area contributed by atoms with Crippen molar-refractivity contribution in [2.45, 2.75) is 38.1 Å². The van der Waals surface area contributed by atoms with Gasteiger partial charge in [0.25, 0.3) is 0 Å². The van der Waals surface area contributed by atoms with Gasteiger partial charge >= 0.3 is 0 Å². The first-order valence-corrected chi connectivity index (χ1v) is 6.21. The Morgan fingerprint density at radius 3 is 3.00 bits per heavy atom. The molecule has 0 radical (unpaired) electrons. The molecule has 0 amide bonds. The van der Waals surface area contributed by atoms with Crippen LogP contribution in [0, 0.1) is 0 Å². The Bertz CT molecular complexity index is 141. The second-order valence-electron chi connectivity index (χ2n) is 3.88. The number of hydrogen-bond acceptors (Lipinski definition) is 2. The highest BCUT2D eigenvalue weighted by atomic mass is 32.2. The zero-order valence-electron chi connectivity index (χ0n) is 8.63. The van der Waals surface area contributed by atoms with E-state index in [1.165, 1.54) is 12.2 Å². The molecule has 1 heterocycles. The highest BCUT2D eigenvalue weighted by Crippen LogP contribution is 2.18. The first-order valence-electron chi connectivity index (χ1n) is 5.16. The van der Waals surface area contributed by atoms with Crippen LogP contribution in [-0.2, 0) is 0 Å². The van der Waals surface area contributed by atoms with E-state index < -0.39 is 6.17 Å². The molecule has 0 aromatic rings. The molecular formula is C10H20FNS. The summed E-state index contributed by atoms with van der Waals surface area (Å²) < 4.78 is 12.6. The molecule has 0 spiro atoms. The molecule has 3 heteroatoms. The number of thioether (sulfide) groups is 1. The first kappa shape index (κ1) is 11.3. The molecule has 0 saturated carbocycles. The topological polar surface area (TPSA) is 3.24 Å². The predicted molar refractivity (Wildman–Crippen MR) is 58.2 cm³/mol. The third kappa shape index (κ3) is 4.87. The minimum atomic E-state index is -0.645. The summed E-state index contributed by atoms with van der Waals surface area (Å²) in [5.41, 5.74) is 0. The maximum atomic E-state index is 12.6. The second-order valence-corrected chi connectivity index (χ2v) is 5.43. The minimum Gasteiger partial charge on any atom is -0.302 e. The van der Waals surface area contributed by atoms with Crippen molar-refractivity contribution in [2.24, 2.45) is 0 Å². The number of nitrogens with zero attached hydrogens (tertiary/aromatic N) is 1. The van der Waals surface area contributed by atoms with Crippen molar-refractivity contribution in [3.8, 4) is 0 Å². The molecule has 1 rings (SSSR count). The second kappa shape index (κ2) is 5.86. The fourth-order valence-electron chi connectivity index (χ4n) is 1.53. The Balaban J connectivity index is 2.18. The van der Waals surface area contributed by atoms with Crippen LogP contribution in [-0.4, -0.2) is 41.7 Å². The van der Waals surface area contributed by atoms with E-state index in [0.29, 0.717) is 6.42 Å². The summed E-state index contributed by atoms with van der Waals surface area (Å²) in [6.07, 6.45) is 1.30. The van der Waals surface area contributed by atoms with Crippen molar-refractivity contribution in [1.82, 2.24) is 4.90 Å². The van der Waals surface area contributed by atoms with E-state index in [2.05, 4.69) is 11.8 Å². The van der Waals surface area contributed by atoms with Crippen LogP contribution in [0.15, 0.2) is 0 Å². The Labute approximate surface area is 85.1 Å². The van der Waals surface area contributed by atoms with Gasteiger partial charge in [0.1, 0.15) is 0 Å². The SMILES string of the molecule is CC(F)CCN1CCSC(C)CC1. The molecule has 1 nitrogen and oxygen atoms in total. The average molecular weight is 205 g/mol. The lowest BCUT2D eigenvalue weighted by atomic mass is 10.2. The quantitative estimate of drug-likeness (QED) is 0.696. The largest absolute Gasteiger partial charge is 0.302 e. The van der Waals surface area contributed by atoms with E-state index in [1.807, 2.05) is 11.8 Å². The fraction of sp³-hybridized carbons (Fsp3) is 1.00. The lowest BCUT2D eigenvalue weighted by Crippen LogP contribution is -2.28. The summed E-state index contributed by atoms with van der Waals surface area (Å²) in [5, 5.41) is 0.785. The van der Waals surface area contributed by atoms with Crippen LogP contribution in [0.5, 0.6) is 0 Å². The molecule has 0 aliphatic carbocycles. The molecular weight excluding hydrogens is 185 g/mol. The molecule has 1 saturated heterocycles. The molecule has 0 bridgehead atoms. The van der Waals surface area contributed by atoms with Crippen molar-refractivity contribution in [3.05, 3.63) is 0 Å². The van der Waals surface area contributed by atoms with E-state index in [0.717, 1.165) is 24.9 Å². The summed E-state index contributed by atoms with van der Waals surface area (Å²) >= 11 is 2.04. The van der Waals surface area contributed by atoms with Crippen molar-refractivity contribution < 1.29 is 4.39 Å². The van der Waals surface area contributed by atoms with Gasteiger partial charge < -0.3 is 4.90 Å². The fourth-order valence-corrected chi connectivity index (χ4v) is 2.56. The van der Waals surface area contributed by atoms with Gasteiger partial charge in [-0.05, 0) is 26.3 Å². The monoisotopic (exact) mass is 205 g/mol. The maximum absolute atomic E-state index is 12.6. The molecule has 1 aliphatic rings. The van der Waals surface area contributed by atoms with Gasteiger partial charge in [-0.15, -0.1) is 0 Å². The summed E-state index contributed by atoms with van der Waals surface area (Å²) in [7, 11) is 0. The summed E-state index contributed by atoms with van der Waals surface area (Å²) in [6, 6.07) is 0. The number of alkyl halides is 1. The molecule has 1 aliphatic heterocycles. The molecule has 2 unspecified atom stereocenters. The third-order valence-corrected chi connectivity index (χ3v) is 3.73. The molecule has 13 heavy (non-hydrogen) atoms. The normalized spacial score (nSPS) is 28.4. The number of hydrogen-bond donors (Lipinski definition) is 0. The van der Waals surface area contributed by atoms with Gasteiger partial charge in [-0.2, -0.15) is 11.8 Å². The third-order valence-electron chi connectivity index (χ3n) is 2.50. The van der Waals surface area contributed by atoms with Crippen LogP contribution in [0.1, 0.15) is 26.7 Å². The number of halogens is 1. The molecule has 2 atom stereocenters. The van der Waals surface area contributed by atoms with Gasteiger partial charge in [0.2, 0.25) is 0 Å². The van der Waals surface area contributed by atoms with Crippen LogP contribution < -0.4 is 0 Å².